The van der Waals surface area contributed by atoms with Crippen molar-refractivity contribution < 1.29 is 19.2 Å². The van der Waals surface area contributed by atoms with Gasteiger partial charge in [-0.2, -0.15) is 0 Å². The molecule has 0 saturated heterocycles. The minimum absolute atomic E-state index is 0.0569. The van der Waals surface area contributed by atoms with E-state index in [9.17, 15) is 19.7 Å². The molecule has 0 bridgehead atoms. The molecule has 120 valence electrons. The van der Waals surface area contributed by atoms with Crippen molar-refractivity contribution in [2.75, 3.05) is 6.61 Å². The second-order valence-corrected chi connectivity index (χ2v) is 4.80. The highest BCUT2D eigenvalue weighted by atomic mass is 16.6. The number of nitro benzene ring substituents is 1. The predicted molar refractivity (Wildman–Crippen MR) is 80.3 cm³/mol. The molecule has 1 rings (SSSR count). The van der Waals surface area contributed by atoms with Gasteiger partial charge in [-0.15, -0.1) is 0 Å². The first kappa shape index (κ1) is 17.6. The number of benzene rings is 1. The molecule has 7 nitrogen and oxygen atoms in total. The van der Waals surface area contributed by atoms with Crippen molar-refractivity contribution in [3.05, 3.63) is 39.9 Å². The number of para-hydroxylation sites is 1. The second-order valence-electron chi connectivity index (χ2n) is 4.80. The number of rotatable bonds is 8. The maximum Gasteiger partial charge on any atom is 0.311 e. The molecular weight excluding hydrogens is 288 g/mol. The smallest absolute Gasteiger partial charge is 0.311 e. The zero-order chi connectivity index (χ0) is 16.5. The monoisotopic (exact) mass is 308 g/mol. The van der Waals surface area contributed by atoms with E-state index in [4.69, 9.17) is 4.74 Å². The number of hydrogen-bond donors (Lipinski definition) is 1. The zero-order valence-electron chi connectivity index (χ0n) is 12.7. The van der Waals surface area contributed by atoms with Crippen LogP contribution in [0.15, 0.2) is 24.3 Å². The Labute approximate surface area is 128 Å². The third-order valence-electron chi connectivity index (χ3n) is 3.24. The number of nitro groups is 1. The van der Waals surface area contributed by atoms with Gasteiger partial charge in [-0.05, 0) is 12.8 Å². The average molecular weight is 308 g/mol. The fourth-order valence-corrected chi connectivity index (χ4v) is 1.95. The summed E-state index contributed by atoms with van der Waals surface area (Å²) in [7, 11) is 0. The van der Waals surface area contributed by atoms with Crippen LogP contribution < -0.4 is 5.32 Å². The zero-order valence-corrected chi connectivity index (χ0v) is 12.7. The van der Waals surface area contributed by atoms with E-state index < -0.39 is 10.9 Å². The summed E-state index contributed by atoms with van der Waals surface area (Å²) in [5.41, 5.74) is 0.124. The van der Waals surface area contributed by atoms with Crippen LogP contribution in [0.2, 0.25) is 0 Å². The summed E-state index contributed by atoms with van der Waals surface area (Å²) in [5.74, 6) is -1.04. The number of esters is 1. The van der Waals surface area contributed by atoms with E-state index in [1.165, 1.54) is 18.2 Å². The first-order valence-corrected chi connectivity index (χ1v) is 7.15. The summed E-state index contributed by atoms with van der Waals surface area (Å²) >= 11 is 0. The van der Waals surface area contributed by atoms with Gasteiger partial charge in [0, 0.05) is 17.7 Å². The highest BCUT2D eigenvalue weighted by Gasteiger charge is 2.17. The van der Waals surface area contributed by atoms with Crippen molar-refractivity contribution in [2.45, 2.75) is 39.2 Å². The van der Waals surface area contributed by atoms with E-state index in [0.717, 1.165) is 12.8 Å². The first-order chi connectivity index (χ1) is 10.5. The fourth-order valence-electron chi connectivity index (χ4n) is 1.95. The lowest BCUT2D eigenvalue weighted by molar-refractivity contribution is -0.385. The quantitative estimate of drug-likeness (QED) is 0.450. The molecule has 0 fully saturated rings. The van der Waals surface area contributed by atoms with Crippen molar-refractivity contribution in [3.8, 4) is 0 Å². The van der Waals surface area contributed by atoms with Gasteiger partial charge in [0.15, 0.2) is 6.61 Å². The van der Waals surface area contributed by atoms with Crippen molar-refractivity contribution in [1.82, 2.24) is 5.32 Å². The molecule has 0 aliphatic carbocycles. The molecule has 22 heavy (non-hydrogen) atoms. The molecule has 0 aromatic heterocycles. The minimum atomic E-state index is -0.672. The topological polar surface area (TPSA) is 98.5 Å². The van der Waals surface area contributed by atoms with Crippen molar-refractivity contribution in [3.63, 3.8) is 0 Å². The van der Waals surface area contributed by atoms with Gasteiger partial charge in [-0.3, -0.25) is 19.7 Å². The van der Waals surface area contributed by atoms with Gasteiger partial charge in [-0.25, -0.2) is 0 Å². The highest BCUT2D eigenvalue weighted by molar-refractivity contribution is 5.81. The van der Waals surface area contributed by atoms with E-state index in [0.29, 0.717) is 0 Å². The Balaban J connectivity index is 2.51. The maximum absolute atomic E-state index is 11.7. The molecule has 0 spiro atoms. The van der Waals surface area contributed by atoms with Gasteiger partial charge >= 0.3 is 5.97 Å². The molecule has 0 saturated carbocycles. The first-order valence-electron chi connectivity index (χ1n) is 7.15. The molecular formula is C15H20N2O5. The van der Waals surface area contributed by atoms with Gasteiger partial charge < -0.3 is 10.1 Å². The normalized spacial score (nSPS) is 10.3. The fraction of sp³-hybridized carbons (Fsp3) is 0.467. The summed E-state index contributed by atoms with van der Waals surface area (Å²) in [5, 5.41) is 13.6. The number of ether oxygens (including phenoxy) is 1. The summed E-state index contributed by atoms with van der Waals surface area (Å²) in [6.45, 7) is 3.53. The Hall–Kier alpha value is -2.44. The SMILES string of the molecule is CCC(CC)NC(=O)COC(=O)Cc1ccccc1[N+](=O)[O-]. The number of nitrogens with zero attached hydrogens (tertiary/aromatic N) is 1. The van der Waals surface area contributed by atoms with Crippen LogP contribution in [0.5, 0.6) is 0 Å². The van der Waals surface area contributed by atoms with Crippen LogP contribution in [0, 0.1) is 10.1 Å². The van der Waals surface area contributed by atoms with E-state index >= 15 is 0 Å². The van der Waals surface area contributed by atoms with Crippen LogP contribution in [0.25, 0.3) is 0 Å². The van der Waals surface area contributed by atoms with E-state index in [-0.39, 0.29) is 36.2 Å². The maximum atomic E-state index is 11.7. The second kappa shape index (κ2) is 8.76. The highest BCUT2D eigenvalue weighted by Crippen LogP contribution is 2.18. The van der Waals surface area contributed by atoms with Gasteiger partial charge in [0.05, 0.1) is 11.3 Å². The van der Waals surface area contributed by atoms with Gasteiger partial charge in [0.2, 0.25) is 0 Å². The van der Waals surface area contributed by atoms with Crippen molar-refractivity contribution >= 4 is 17.6 Å². The van der Waals surface area contributed by atoms with Gasteiger partial charge in [-0.1, -0.05) is 32.0 Å². The number of amides is 1. The van der Waals surface area contributed by atoms with Crippen LogP contribution >= 0.6 is 0 Å². The molecule has 0 radical (unpaired) electrons. The van der Waals surface area contributed by atoms with Crippen LogP contribution in [0.4, 0.5) is 5.69 Å². The number of carbonyl (C=O) groups is 2. The lowest BCUT2D eigenvalue weighted by Crippen LogP contribution is -2.37. The molecule has 0 heterocycles. The summed E-state index contributed by atoms with van der Waals surface area (Å²) in [6.07, 6.45) is 1.36. The van der Waals surface area contributed by atoms with Crippen LogP contribution in [-0.2, 0) is 20.7 Å². The van der Waals surface area contributed by atoms with E-state index in [2.05, 4.69) is 5.32 Å². The molecule has 1 N–H and O–H groups in total. The molecule has 0 aliphatic rings. The summed E-state index contributed by atoms with van der Waals surface area (Å²) < 4.78 is 4.86. The Bertz CT molecular complexity index is 540. The number of nitrogens with one attached hydrogen (secondary N) is 1. The van der Waals surface area contributed by atoms with Gasteiger partial charge in [0.25, 0.3) is 11.6 Å². The molecule has 1 aromatic rings. The van der Waals surface area contributed by atoms with Crippen LogP contribution in [-0.4, -0.2) is 29.4 Å². The molecule has 0 atom stereocenters. The minimum Gasteiger partial charge on any atom is -0.455 e. The van der Waals surface area contributed by atoms with Gasteiger partial charge in [0.1, 0.15) is 0 Å². The summed E-state index contributed by atoms with van der Waals surface area (Å²) in [6, 6.07) is 6.00. The number of carbonyl (C=O) groups excluding carboxylic acids is 2. The summed E-state index contributed by atoms with van der Waals surface area (Å²) in [4.78, 5) is 33.6. The molecule has 7 heteroatoms. The Morgan fingerprint density at radius 1 is 1.27 bits per heavy atom. The largest absolute Gasteiger partial charge is 0.455 e. The third kappa shape index (κ3) is 5.51. The van der Waals surface area contributed by atoms with E-state index in [1.807, 2.05) is 13.8 Å². The Morgan fingerprint density at radius 3 is 2.50 bits per heavy atom. The van der Waals surface area contributed by atoms with Crippen molar-refractivity contribution in [1.29, 1.82) is 0 Å². The third-order valence-corrected chi connectivity index (χ3v) is 3.24. The van der Waals surface area contributed by atoms with E-state index in [1.54, 1.807) is 6.07 Å². The Morgan fingerprint density at radius 2 is 1.91 bits per heavy atom. The lowest BCUT2D eigenvalue weighted by Gasteiger charge is -2.14. The van der Waals surface area contributed by atoms with Crippen molar-refractivity contribution in [2.24, 2.45) is 0 Å². The molecule has 0 aliphatic heterocycles. The Kier molecular flexibility index (Phi) is 7.01. The standard InChI is InChI=1S/C15H20N2O5/c1-3-12(4-2)16-14(18)10-22-15(19)9-11-7-5-6-8-13(11)17(20)21/h5-8,12H,3-4,9-10H2,1-2H3,(H,16,18). The molecule has 1 amide bonds. The predicted octanol–water partition coefficient (Wildman–Crippen LogP) is 1.99. The number of hydrogen-bond acceptors (Lipinski definition) is 5. The van der Waals surface area contributed by atoms with Crippen LogP contribution in [0.3, 0.4) is 0 Å². The molecule has 1 aromatic carbocycles. The average Bonchev–Trinajstić information content (AvgIpc) is 2.51. The lowest BCUT2D eigenvalue weighted by atomic mass is 10.1. The van der Waals surface area contributed by atoms with Crippen LogP contribution in [0.1, 0.15) is 32.3 Å². The molecule has 0 unspecified atom stereocenters.